The highest BCUT2D eigenvalue weighted by atomic mass is 79.9. The lowest BCUT2D eigenvalue weighted by Crippen LogP contribution is -2.33. The molecule has 1 atom stereocenters. The Morgan fingerprint density at radius 2 is 2.05 bits per heavy atom. The maximum absolute atomic E-state index is 12.3. The first-order valence-electron chi connectivity index (χ1n) is 7.32. The number of nitrogens with two attached hydrogens (primary N) is 1. The predicted octanol–water partition coefficient (Wildman–Crippen LogP) is 4.43. The molecule has 0 fully saturated rings. The second-order valence-electron chi connectivity index (χ2n) is 5.39. The summed E-state index contributed by atoms with van der Waals surface area (Å²) in [6, 6.07) is 3.84. The molecular formula is C16H25BrN2O. The van der Waals surface area contributed by atoms with Gasteiger partial charge in [-0.3, -0.25) is 4.79 Å². The van der Waals surface area contributed by atoms with Crippen molar-refractivity contribution in [2.45, 2.75) is 58.9 Å². The van der Waals surface area contributed by atoms with Gasteiger partial charge in [0, 0.05) is 21.8 Å². The predicted molar refractivity (Wildman–Crippen MR) is 89.0 cm³/mol. The molecule has 1 aromatic rings. The fourth-order valence-electron chi connectivity index (χ4n) is 2.19. The minimum Gasteiger partial charge on any atom is -0.398 e. The van der Waals surface area contributed by atoms with Crippen molar-refractivity contribution in [2.24, 2.45) is 0 Å². The Kier molecular flexibility index (Phi) is 7.06. The summed E-state index contributed by atoms with van der Waals surface area (Å²) in [7, 11) is 0. The minimum atomic E-state index is -0.0431. The van der Waals surface area contributed by atoms with E-state index in [1.807, 2.05) is 19.1 Å². The maximum atomic E-state index is 12.3. The number of carbonyl (C=O) groups is 1. The number of hydrogen-bond donors (Lipinski definition) is 2. The van der Waals surface area contributed by atoms with Crippen molar-refractivity contribution in [3.05, 3.63) is 27.7 Å². The highest BCUT2D eigenvalue weighted by Crippen LogP contribution is 2.22. The lowest BCUT2D eigenvalue weighted by molar-refractivity contribution is 0.0937. The highest BCUT2D eigenvalue weighted by molar-refractivity contribution is 9.10. The van der Waals surface area contributed by atoms with Gasteiger partial charge in [-0.2, -0.15) is 0 Å². The third-order valence-corrected chi connectivity index (χ3v) is 3.98. The van der Waals surface area contributed by atoms with E-state index in [0.717, 1.165) is 22.9 Å². The van der Waals surface area contributed by atoms with E-state index in [4.69, 9.17) is 5.73 Å². The molecule has 0 radical (unpaired) electrons. The number of carbonyl (C=O) groups excluding carboxylic acids is 1. The third-order valence-electron chi connectivity index (χ3n) is 3.53. The number of hydrogen-bond acceptors (Lipinski definition) is 2. The molecule has 1 rings (SSSR count). The molecule has 0 saturated heterocycles. The van der Waals surface area contributed by atoms with E-state index in [-0.39, 0.29) is 11.9 Å². The second kappa shape index (κ2) is 8.30. The van der Waals surface area contributed by atoms with Crippen LogP contribution in [-0.2, 0) is 0 Å². The molecule has 0 aliphatic carbocycles. The van der Waals surface area contributed by atoms with E-state index in [1.54, 1.807) is 0 Å². The van der Waals surface area contributed by atoms with E-state index in [9.17, 15) is 4.79 Å². The Balaban J connectivity index is 2.58. The molecule has 3 nitrogen and oxygen atoms in total. The molecule has 112 valence electrons. The first-order chi connectivity index (χ1) is 9.45. The first kappa shape index (κ1) is 17.0. The quantitative estimate of drug-likeness (QED) is 0.569. The number of halogens is 1. The van der Waals surface area contributed by atoms with Crippen LogP contribution in [0, 0.1) is 6.92 Å². The van der Waals surface area contributed by atoms with Crippen LogP contribution in [0.15, 0.2) is 16.6 Å². The number of benzene rings is 1. The van der Waals surface area contributed by atoms with Crippen molar-refractivity contribution in [1.29, 1.82) is 0 Å². The highest BCUT2D eigenvalue weighted by Gasteiger charge is 2.14. The Hall–Kier alpha value is -1.03. The smallest absolute Gasteiger partial charge is 0.251 e. The van der Waals surface area contributed by atoms with Crippen molar-refractivity contribution in [2.75, 3.05) is 5.73 Å². The summed E-state index contributed by atoms with van der Waals surface area (Å²) in [5.41, 5.74) is 8.02. The largest absolute Gasteiger partial charge is 0.398 e. The van der Waals surface area contributed by atoms with Gasteiger partial charge in [-0.1, -0.05) is 48.5 Å². The number of amides is 1. The third kappa shape index (κ3) is 5.16. The Labute approximate surface area is 130 Å². The summed E-state index contributed by atoms with van der Waals surface area (Å²) >= 11 is 3.38. The van der Waals surface area contributed by atoms with E-state index >= 15 is 0 Å². The molecule has 4 heteroatoms. The molecule has 0 aliphatic heterocycles. The van der Waals surface area contributed by atoms with E-state index in [0.29, 0.717) is 11.3 Å². The molecule has 3 N–H and O–H groups in total. The van der Waals surface area contributed by atoms with Gasteiger partial charge >= 0.3 is 0 Å². The zero-order valence-corrected chi connectivity index (χ0v) is 14.2. The number of nitrogens with one attached hydrogen (secondary N) is 1. The molecule has 1 aromatic carbocycles. The molecule has 0 bridgehead atoms. The van der Waals surface area contributed by atoms with Crippen molar-refractivity contribution in [3.63, 3.8) is 0 Å². The molecule has 0 heterocycles. The van der Waals surface area contributed by atoms with Gasteiger partial charge in [-0.25, -0.2) is 0 Å². The van der Waals surface area contributed by atoms with Crippen LogP contribution in [0.1, 0.15) is 61.9 Å². The molecule has 0 saturated carbocycles. The van der Waals surface area contributed by atoms with E-state index < -0.39 is 0 Å². The van der Waals surface area contributed by atoms with Crippen LogP contribution in [0.2, 0.25) is 0 Å². The fourth-order valence-corrected chi connectivity index (χ4v) is 2.66. The zero-order chi connectivity index (χ0) is 15.1. The van der Waals surface area contributed by atoms with Gasteiger partial charge in [-0.05, 0) is 38.0 Å². The Morgan fingerprint density at radius 3 is 2.70 bits per heavy atom. The van der Waals surface area contributed by atoms with Gasteiger partial charge in [0.25, 0.3) is 5.91 Å². The van der Waals surface area contributed by atoms with Gasteiger partial charge in [-0.15, -0.1) is 0 Å². The minimum absolute atomic E-state index is 0.0431. The molecular weight excluding hydrogens is 316 g/mol. The van der Waals surface area contributed by atoms with Crippen LogP contribution in [0.5, 0.6) is 0 Å². The first-order valence-corrected chi connectivity index (χ1v) is 8.11. The van der Waals surface area contributed by atoms with Crippen LogP contribution in [0.4, 0.5) is 5.69 Å². The summed E-state index contributed by atoms with van der Waals surface area (Å²) in [6.45, 7) is 6.13. The van der Waals surface area contributed by atoms with E-state index in [2.05, 4.69) is 35.1 Å². The second-order valence-corrected chi connectivity index (χ2v) is 6.31. The topological polar surface area (TPSA) is 55.1 Å². The van der Waals surface area contributed by atoms with Crippen molar-refractivity contribution < 1.29 is 4.79 Å². The summed E-state index contributed by atoms with van der Waals surface area (Å²) in [4.78, 5) is 12.3. The number of nitrogen functional groups attached to an aromatic ring is 1. The van der Waals surface area contributed by atoms with Crippen molar-refractivity contribution in [3.8, 4) is 0 Å². The lowest BCUT2D eigenvalue weighted by atomic mass is 10.0. The van der Waals surface area contributed by atoms with Gasteiger partial charge in [0.05, 0.1) is 0 Å². The van der Waals surface area contributed by atoms with Gasteiger partial charge in [0.15, 0.2) is 0 Å². The van der Waals surface area contributed by atoms with Crippen LogP contribution < -0.4 is 11.1 Å². The number of anilines is 1. The van der Waals surface area contributed by atoms with Crippen LogP contribution in [0.3, 0.4) is 0 Å². The monoisotopic (exact) mass is 340 g/mol. The SMILES string of the molecule is CCCCCCC(C)NC(=O)c1cc(Br)cc(N)c1C. The standard InChI is InChI=1S/C16H25BrN2O/c1-4-5-6-7-8-11(2)19-16(20)14-9-13(17)10-15(18)12(14)3/h9-11H,4-8,18H2,1-3H3,(H,19,20). The molecule has 0 aliphatic rings. The van der Waals surface area contributed by atoms with Crippen LogP contribution in [-0.4, -0.2) is 11.9 Å². The normalized spacial score (nSPS) is 12.2. The van der Waals surface area contributed by atoms with Crippen LogP contribution in [0.25, 0.3) is 0 Å². The lowest BCUT2D eigenvalue weighted by Gasteiger charge is -2.16. The average Bonchev–Trinajstić information content (AvgIpc) is 2.38. The molecule has 0 aromatic heterocycles. The number of rotatable bonds is 7. The maximum Gasteiger partial charge on any atom is 0.251 e. The molecule has 0 spiro atoms. The summed E-state index contributed by atoms with van der Waals surface area (Å²) in [5.74, 6) is -0.0431. The van der Waals surface area contributed by atoms with Crippen LogP contribution >= 0.6 is 15.9 Å². The Bertz CT molecular complexity index is 460. The van der Waals surface area contributed by atoms with Gasteiger partial charge in [0.2, 0.25) is 0 Å². The van der Waals surface area contributed by atoms with Crippen molar-refractivity contribution >= 4 is 27.5 Å². The summed E-state index contributed by atoms with van der Waals surface area (Å²) in [5, 5.41) is 3.05. The molecule has 1 unspecified atom stereocenters. The summed E-state index contributed by atoms with van der Waals surface area (Å²) in [6.07, 6.45) is 5.92. The van der Waals surface area contributed by atoms with Crippen molar-refractivity contribution in [1.82, 2.24) is 5.32 Å². The van der Waals surface area contributed by atoms with Gasteiger partial charge < -0.3 is 11.1 Å². The molecule has 20 heavy (non-hydrogen) atoms. The number of unbranched alkanes of at least 4 members (excludes halogenated alkanes) is 3. The van der Waals surface area contributed by atoms with Gasteiger partial charge in [0.1, 0.15) is 0 Å². The zero-order valence-electron chi connectivity index (χ0n) is 12.6. The fraction of sp³-hybridized carbons (Fsp3) is 0.562. The average molecular weight is 341 g/mol. The van der Waals surface area contributed by atoms with E-state index in [1.165, 1.54) is 19.3 Å². The summed E-state index contributed by atoms with van der Waals surface area (Å²) < 4.78 is 0.835. The Morgan fingerprint density at radius 1 is 1.35 bits per heavy atom. The molecule has 1 amide bonds.